The number of nitrogens with zero attached hydrogens (tertiary/aromatic N) is 2. The van der Waals surface area contributed by atoms with Gasteiger partial charge in [0.25, 0.3) is 0 Å². The first-order valence-corrected chi connectivity index (χ1v) is 11.7. The zero-order valence-electron chi connectivity index (χ0n) is 19.3. The molecule has 33 heavy (non-hydrogen) atoms. The molecule has 176 valence electrons. The Morgan fingerprint density at radius 3 is 2.58 bits per heavy atom. The molecule has 6 heteroatoms. The van der Waals surface area contributed by atoms with Crippen LogP contribution in [0, 0.1) is 0 Å². The Hall–Kier alpha value is -3.12. The van der Waals surface area contributed by atoms with Gasteiger partial charge in [0.1, 0.15) is 0 Å². The minimum atomic E-state index is -0.759. The summed E-state index contributed by atoms with van der Waals surface area (Å²) in [5, 5.41) is 19.5. The number of unbranched alkanes of at least 4 members (excludes halogenated alkanes) is 3. The zero-order valence-corrected chi connectivity index (χ0v) is 19.3. The van der Waals surface area contributed by atoms with Gasteiger partial charge in [-0.1, -0.05) is 55.3 Å². The molecule has 0 radical (unpaired) electrons. The number of anilines is 2. The van der Waals surface area contributed by atoms with E-state index in [9.17, 15) is 14.7 Å². The molecule has 2 aromatic carbocycles. The summed E-state index contributed by atoms with van der Waals surface area (Å²) in [5.41, 5.74) is 2.87. The summed E-state index contributed by atoms with van der Waals surface area (Å²) in [7, 11) is 2.00. The highest BCUT2D eigenvalue weighted by Gasteiger charge is 2.28. The lowest BCUT2D eigenvalue weighted by Gasteiger charge is -2.23. The largest absolute Gasteiger partial charge is 0.481 e. The molecule has 1 amide bonds. The number of aliphatic hydroxyl groups excluding tert-OH is 1. The fraction of sp³-hybridized carbons (Fsp3) is 0.407. The highest BCUT2D eigenvalue weighted by molar-refractivity contribution is 5.79. The van der Waals surface area contributed by atoms with E-state index in [2.05, 4.69) is 4.90 Å². The lowest BCUT2D eigenvalue weighted by atomic mass is 10.1. The number of benzene rings is 2. The number of hydrogen-bond donors (Lipinski definition) is 2. The van der Waals surface area contributed by atoms with Gasteiger partial charge < -0.3 is 20.0 Å². The van der Waals surface area contributed by atoms with Crippen molar-refractivity contribution in [3.05, 3.63) is 72.3 Å². The van der Waals surface area contributed by atoms with Gasteiger partial charge in [0.2, 0.25) is 5.91 Å². The molecule has 6 nitrogen and oxygen atoms in total. The number of para-hydroxylation sites is 1. The van der Waals surface area contributed by atoms with E-state index < -0.39 is 12.1 Å². The second kappa shape index (κ2) is 12.2. The third-order valence-electron chi connectivity index (χ3n) is 6.17. The average molecular weight is 451 g/mol. The number of hydrogen-bond acceptors (Lipinski definition) is 4. The fourth-order valence-corrected chi connectivity index (χ4v) is 4.22. The number of carbonyl (C=O) groups excluding carboxylic acids is 1. The molecule has 1 fully saturated rings. The smallest absolute Gasteiger partial charge is 0.303 e. The molecular formula is C27H34N2O4. The van der Waals surface area contributed by atoms with E-state index in [1.165, 1.54) is 0 Å². The van der Waals surface area contributed by atoms with Crippen LogP contribution in [0.3, 0.4) is 0 Å². The summed E-state index contributed by atoms with van der Waals surface area (Å²) in [6.07, 6.45) is 7.80. The molecule has 0 spiro atoms. The van der Waals surface area contributed by atoms with Gasteiger partial charge in [0, 0.05) is 37.8 Å². The van der Waals surface area contributed by atoms with Crippen molar-refractivity contribution in [1.82, 2.24) is 4.90 Å². The van der Waals surface area contributed by atoms with Crippen LogP contribution in [0.1, 0.15) is 56.6 Å². The topological polar surface area (TPSA) is 81.1 Å². The van der Waals surface area contributed by atoms with Crippen molar-refractivity contribution in [1.29, 1.82) is 0 Å². The van der Waals surface area contributed by atoms with Gasteiger partial charge in [0.05, 0.1) is 12.1 Å². The Morgan fingerprint density at radius 2 is 1.82 bits per heavy atom. The van der Waals surface area contributed by atoms with E-state index in [-0.39, 0.29) is 18.4 Å². The van der Waals surface area contributed by atoms with Crippen LogP contribution < -0.4 is 4.90 Å². The first kappa shape index (κ1) is 24.5. The fourth-order valence-electron chi connectivity index (χ4n) is 4.22. The Morgan fingerprint density at radius 1 is 1.09 bits per heavy atom. The van der Waals surface area contributed by atoms with E-state index in [0.717, 1.165) is 42.6 Å². The lowest BCUT2D eigenvalue weighted by Crippen LogP contribution is -2.32. The molecule has 2 atom stereocenters. The van der Waals surface area contributed by atoms with Gasteiger partial charge in [-0.3, -0.25) is 9.59 Å². The van der Waals surface area contributed by atoms with Gasteiger partial charge >= 0.3 is 5.97 Å². The molecule has 1 aliphatic heterocycles. The van der Waals surface area contributed by atoms with Gasteiger partial charge in [-0.2, -0.15) is 0 Å². The minimum absolute atomic E-state index is 0.00125. The maximum atomic E-state index is 12.3. The Labute approximate surface area is 196 Å². The molecule has 2 aromatic rings. The Kier molecular flexibility index (Phi) is 9.07. The van der Waals surface area contributed by atoms with Crippen LogP contribution in [0.4, 0.5) is 11.4 Å². The molecule has 0 saturated carbocycles. The highest BCUT2D eigenvalue weighted by atomic mass is 16.4. The van der Waals surface area contributed by atoms with Crippen LogP contribution in [0.25, 0.3) is 0 Å². The number of carboxylic acids is 1. The number of likely N-dealkylation sites (tertiary alicyclic amines) is 1. The molecule has 3 rings (SSSR count). The van der Waals surface area contributed by atoms with Crippen molar-refractivity contribution in [3.63, 3.8) is 0 Å². The Balaban J connectivity index is 1.56. The number of aliphatic carboxylic acids is 1. The van der Waals surface area contributed by atoms with Crippen molar-refractivity contribution in [2.24, 2.45) is 0 Å². The van der Waals surface area contributed by atoms with E-state index in [1.54, 1.807) is 6.08 Å². The molecule has 1 saturated heterocycles. The minimum Gasteiger partial charge on any atom is -0.481 e. The van der Waals surface area contributed by atoms with Crippen LogP contribution in [0.5, 0.6) is 0 Å². The number of rotatable bonds is 12. The number of carbonyl (C=O) groups is 2. The second-order valence-electron chi connectivity index (χ2n) is 8.57. The SMILES string of the molecule is CN(c1ccccc1)c1cccc([C@H](O)C=CC2CCC(=O)N2CCCCCCC(=O)O)c1. The third-order valence-corrected chi connectivity index (χ3v) is 6.17. The van der Waals surface area contributed by atoms with Gasteiger partial charge in [-0.25, -0.2) is 0 Å². The van der Waals surface area contributed by atoms with Crippen molar-refractivity contribution in [3.8, 4) is 0 Å². The maximum absolute atomic E-state index is 12.3. The van der Waals surface area contributed by atoms with Crippen LogP contribution >= 0.6 is 0 Å². The van der Waals surface area contributed by atoms with Crippen molar-refractivity contribution in [2.45, 2.75) is 57.1 Å². The molecule has 2 N–H and O–H groups in total. The summed E-state index contributed by atoms with van der Waals surface area (Å²) in [6.45, 7) is 0.675. The molecule has 0 aromatic heterocycles. The van der Waals surface area contributed by atoms with Gasteiger partial charge in [-0.15, -0.1) is 0 Å². The number of amides is 1. The quantitative estimate of drug-likeness (QED) is 0.349. The predicted molar refractivity (Wildman–Crippen MR) is 131 cm³/mol. The second-order valence-corrected chi connectivity index (χ2v) is 8.57. The molecule has 1 unspecified atom stereocenters. The highest BCUT2D eigenvalue weighted by Crippen LogP contribution is 2.27. The third kappa shape index (κ3) is 7.19. The normalized spacial score (nSPS) is 17.0. The first-order valence-electron chi connectivity index (χ1n) is 11.7. The molecular weight excluding hydrogens is 416 g/mol. The number of carboxylic acid groups (broad SMARTS) is 1. The zero-order chi connectivity index (χ0) is 23.6. The van der Waals surface area contributed by atoms with Crippen LogP contribution in [0.2, 0.25) is 0 Å². The summed E-state index contributed by atoms with van der Waals surface area (Å²) in [5.74, 6) is -0.609. The van der Waals surface area contributed by atoms with E-state index >= 15 is 0 Å². The van der Waals surface area contributed by atoms with Crippen molar-refractivity contribution in [2.75, 3.05) is 18.5 Å². The molecule has 1 aliphatic rings. The van der Waals surface area contributed by atoms with E-state index in [4.69, 9.17) is 5.11 Å². The number of aliphatic hydroxyl groups is 1. The summed E-state index contributed by atoms with van der Waals surface area (Å²) >= 11 is 0. The summed E-state index contributed by atoms with van der Waals surface area (Å²) in [4.78, 5) is 26.9. The van der Waals surface area contributed by atoms with E-state index in [1.807, 2.05) is 72.6 Å². The van der Waals surface area contributed by atoms with Crippen LogP contribution in [-0.2, 0) is 9.59 Å². The molecule has 1 heterocycles. The van der Waals surface area contributed by atoms with Gasteiger partial charge in [0.15, 0.2) is 0 Å². The Bertz CT molecular complexity index is 944. The lowest BCUT2D eigenvalue weighted by molar-refractivity contribution is -0.137. The molecule has 0 bridgehead atoms. The summed E-state index contributed by atoms with van der Waals surface area (Å²) < 4.78 is 0. The van der Waals surface area contributed by atoms with Gasteiger partial charge in [-0.05, 0) is 49.1 Å². The monoisotopic (exact) mass is 450 g/mol. The predicted octanol–water partition coefficient (Wildman–Crippen LogP) is 5.07. The average Bonchev–Trinajstić information content (AvgIpc) is 3.18. The van der Waals surface area contributed by atoms with Crippen LogP contribution in [-0.4, -0.2) is 46.6 Å². The van der Waals surface area contributed by atoms with Crippen molar-refractivity contribution < 1.29 is 19.8 Å². The van der Waals surface area contributed by atoms with Crippen LogP contribution in [0.15, 0.2) is 66.7 Å². The molecule has 0 aliphatic carbocycles. The van der Waals surface area contributed by atoms with Crippen molar-refractivity contribution >= 4 is 23.3 Å². The first-order chi connectivity index (χ1) is 16.0. The standard InChI is InChI=1S/C27H34N2O4/c1-28(22-11-5-4-6-12-22)24-13-9-10-21(20-24)25(30)17-15-23-16-18-26(31)29(23)19-8-3-2-7-14-27(32)33/h4-6,9-13,15,17,20,23,25,30H,2-3,7-8,14,16,18-19H2,1H3,(H,32,33)/t23?,25-/m1/s1. The maximum Gasteiger partial charge on any atom is 0.303 e. The van der Waals surface area contributed by atoms with E-state index in [0.29, 0.717) is 19.4 Å². The summed E-state index contributed by atoms with van der Waals surface area (Å²) in [6, 6.07) is 17.9.